The van der Waals surface area contributed by atoms with Gasteiger partial charge in [0, 0.05) is 16.5 Å². The van der Waals surface area contributed by atoms with Crippen LogP contribution < -0.4 is 5.32 Å². The van der Waals surface area contributed by atoms with Crippen LogP contribution in [0.1, 0.15) is 10.4 Å². The van der Waals surface area contributed by atoms with Gasteiger partial charge >= 0.3 is 0 Å². The summed E-state index contributed by atoms with van der Waals surface area (Å²) < 4.78 is 5.17. The average molecular weight is 321 g/mol. The van der Waals surface area contributed by atoms with Crippen LogP contribution in [-0.2, 0) is 0 Å². The zero-order valence-electron chi connectivity index (χ0n) is 11.9. The van der Waals surface area contributed by atoms with Crippen molar-refractivity contribution in [1.82, 2.24) is 9.97 Å². The maximum absolute atomic E-state index is 12.3. The van der Waals surface area contributed by atoms with E-state index >= 15 is 0 Å². The van der Waals surface area contributed by atoms with Crippen LogP contribution in [0, 0.1) is 0 Å². The highest BCUT2D eigenvalue weighted by Crippen LogP contribution is 2.25. The third-order valence-corrected chi connectivity index (χ3v) is 4.14. The Kier molecular flexibility index (Phi) is 3.36. The minimum Gasteiger partial charge on any atom is -0.443 e. The zero-order chi connectivity index (χ0) is 15.6. The van der Waals surface area contributed by atoms with Gasteiger partial charge in [-0.25, -0.2) is 9.97 Å². The molecule has 0 atom stereocenters. The molecule has 2 aromatic heterocycles. The Morgan fingerprint density at radius 1 is 1.13 bits per heavy atom. The number of hydrogen-bond acceptors (Lipinski definition) is 5. The fourth-order valence-corrected chi connectivity index (χ4v) is 2.96. The van der Waals surface area contributed by atoms with Gasteiger partial charge in [0.15, 0.2) is 17.1 Å². The standard InChI is InChI=1S/C17H11N3O2S/c21-16(12-6-7-15-13(8-12)18-10-22-15)20-17-19-14(9-23-17)11-4-2-1-3-5-11/h1-10H,(H,19,20,21). The van der Waals surface area contributed by atoms with E-state index in [9.17, 15) is 4.79 Å². The van der Waals surface area contributed by atoms with Gasteiger partial charge in [0.05, 0.1) is 5.69 Å². The summed E-state index contributed by atoms with van der Waals surface area (Å²) in [6.07, 6.45) is 1.36. The fraction of sp³-hybridized carbons (Fsp3) is 0. The molecule has 2 aromatic carbocycles. The molecule has 0 saturated carbocycles. The Labute approximate surface area is 135 Å². The van der Waals surface area contributed by atoms with Gasteiger partial charge < -0.3 is 4.42 Å². The van der Waals surface area contributed by atoms with Gasteiger partial charge in [0.2, 0.25) is 0 Å². The van der Waals surface area contributed by atoms with E-state index in [4.69, 9.17) is 4.42 Å². The number of aromatic nitrogens is 2. The van der Waals surface area contributed by atoms with E-state index in [-0.39, 0.29) is 5.91 Å². The number of rotatable bonds is 3. The third kappa shape index (κ3) is 2.72. The van der Waals surface area contributed by atoms with Crippen LogP contribution in [0.2, 0.25) is 0 Å². The molecule has 6 heteroatoms. The molecule has 0 radical (unpaired) electrons. The second-order valence-electron chi connectivity index (χ2n) is 4.89. The quantitative estimate of drug-likeness (QED) is 0.614. The molecule has 1 N–H and O–H groups in total. The third-order valence-electron chi connectivity index (χ3n) is 3.39. The molecule has 0 fully saturated rings. The Balaban J connectivity index is 1.55. The molecular weight excluding hydrogens is 310 g/mol. The summed E-state index contributed by atoms with van der Waals surface area (Å²) in [6, 6.07) is 15.0. The van der Waals surface area contributed by atoms with Gasteiger partial charge in [0.25, 0.3) is 5.91 Å². The van der Waals surface area contributed by atoms with Crippen LogP contribution in [0.4, 0.5) is 5.13 Å². The van der Waals surface area contributed by atoms with Crippen molar-refractivity contribution in [2.24, 2.45) is 0 Å². The summed E-state index contributed by atoms with van der Waals surface area (Å²) in [5.41, 5.74) is 3.69. The van der Waals surface area contributed by atoms with Crippen LogP contribution in [0.5, 0.6) is 0 Å². The van der Waals surface area contributed by atoms with E-state index in [1.807, 2.05) is 35.7 Å². The van der Waals surface area contributed by atoms with Crippen molar-refractivity contribution in [3.63, 3.8) is 0 Å². The molecule has 4 rings (SSSR count). The molecule has 0 unspecified atom stereocenters. The molecule has 23 heavy (non-hydrogen) atoms. The lowest BCUT2D eigenvalue weighted by Crippen LogP contribution is -2.11. The number of benzene rings is 2. The minimum absolute atomic E-state index is 0.219. The minimum atomic E-state index is -0.219. The molecule has 0 bridgehead atoms. The number of thiazole rings is 1. The van der Waals surface area contributed by atoms with Gasteiger partial charge in [-0.2, -0.15) is 0 Å². The van der Waals surface area contributed by atoms with Gasteiger partial charge in [-0.15, -0.1) is 11.3 Å². The Bertz CT molecular complexity index is 976. The summed E-state index contributed by atoms with van der Waals surface area (Å²) in [6.45, 7) is 0. The first-order valence-corrected chi connectivity index (χ1v) is 7.83. The maximum Gasteiger partial charge on any atom is 0.257 e. The second-order valence-corrected chi connectivity index (χ2v) is 5.75. The predicted octanol–water partition coefficient (Wildman–Crippen LogP) is 4.20. The summed E-state index contributed by atoms with van der Waals surface area (Å²) in [5.74, 6) is -0.219. The number of amides is 1. The number of carbonyl (C=O) groups is 1. The second kappa shape index (κ2) is 5.66. The van der Waals surface area contributed by atoms with Gasteiger partial charge in [-0.3, -0.25) is 10.1 Å². The van der Waals surface area contributed by atoms with Crippen molar-refractivity contribution in [1.29, 1.82) is 0 Å². The summed E-state index contributed by atoms with van der Waals surface area (Å²) >= 11 is 1.40. The predicted molar refractivity (Wildman–Crippen MR) is 89.5 cm³/mol. The lowest BCUT2D eigenvalue weighted by atomic mass is 10.2. The molecule has 0 aliphatic carbocycles. The monoisotopic (exact) mass is 321 g/mol. The zero-order valence-corrected chi connectivity index (χ0v) is 12.7. The average Bonchev–Trinajstić information content (AvgIpc) is 3.24. The number of anilines is 1. The van der Waals surface area contributed by atoms with Crippen LogP contribution in [0.25, 0.3) is 22.4 Å². The van der Waals surface area contributed by atoms with E-state index in [1.165, 1.54) is 17.7 Å². The molecule has 2 heterocycles. The molecule has 112 valence electrons. The molecule has 1 amide bonds. The maximum atomic E-state index is 12.3. The van der Waals surface area contributed by atoms with Gasteiger partial charge in [-0.05, 0) is 18.2 Å². The highest BCUT2D eigenvalue weighted by molar-refractivity contribution is 7.14. The Morgan fingerprint density at radius 2 is 2.00 bits per heavy atom. The van der Waals surface area contributed by atoms with Crippen molar-refractivity contribution >= 4 is 33.5 Å². The van der Waals surface area contributed by atoms with Gasteiger partial charge in [0.1, 0.15) is 5.52 Å². The lowest BCUT2D eigenvalue weighted by Gasteiger charge is -2.01. The Morgan fingerprint density at radius 3 is 2.87 bits per heavy atom. The van der Waals surface area contributed by atoms with E-state index < -0.39 is 0 Å². The van der Waals surface area contributed by atoms with Crippen LogP contribution in [0.3, 0.4) is 0 Å². The number of hydrogen-bond donors (Lipinski definition) is 1. The smallest absolute Gasteiger partial charge is 0.257 e. The van der Waals surface area contributed by atoms with Crippen LogP contribution >= 0.6 is 11.3 Å². The molecule has 0 aliphatic heterocycles. The van der Waals surface area contributed by atoms with Crippen molar-refractivity contribution in [3.8, 4) is 11.3 Å². The molecule has 5 nitrogen and oxygen atoms in total. The highest BCUT2D eigenvalue weighted by Gasteiger charge is 2.11. The molecule has 0 saturated heterocycles. The van der Waals surface area contributed by atoms with Crippen molar-refractivity contribution < 1.29 is 9.21 Å². The van der Waals surface area contributed by atoms with Crippen LogP contribution in [-0.4, -0.2) is 15.9 Å². The number of carbonyl (C=O) groups excluding carboxylic acids is 1. The molecule has 0 aliphatic rings. The number of fused-ring (bicyclic) bond motifs is 1. The first-order chi connectivity index (χ1) is 11.3. The van der Waals surface area contributed by atoms with E-state index in [1.54, 1.807) is 18.2 Å². The number of nitrogens with zero attached hydrogens (tertiary/aromatic N) is 2. The van der Waals surface area contributed by atoms with E-state index in [2.05, 4.69) is 15.3 Å². The van der Waals surface area contributed by atoms with Crippen molar-refractivity contribution in [3.05, 3.63) is 65.9 Å². The molecule has 4 aromatic rings. The number of oxazole rings is 1. The van der Waals surface area contributed by atoms with E-state index in [0.29, 0.717) is 21.8 Å². The summed E-state index contributed by atoms with van der Waals surface area (Å²) in [4.78, 5) is 20.8. The van der Waals surface area contributed by atoms with E-state index in [0.717, 1.165) is 11.3 Å². The summed E-state index contributed by atoms with van der Waals surface area (Å²) in [7, 11) is 0. The van der Waals surface area contributed by atoms with Crippen molar-refractivity contribution in [2.75, 3.05) is 5.32 Å². The highest BCUT2D eigenvalue weighted by atomic mass is 32.1. The number of nitrogens with one attached hydrogen (secondary N) is 1. The molecule has 0 spiro atoms. The topological polar surface area (TPSA) is 68.0 Å². The largest absolute Gasteiger partial charge is 0.443 e. The summed E-state index contributed by atoms with van der Waals surface area (Å²) in [5, 5.41) is 5.30. The fourth-order valence-electron chi connectivity index (χ4n) is 2.24. The van der Waals surface area contributed by atoms with Gasteiger partial charge in [-0.1, -0.05) is 30.3 Å². The first-order valence-electron chi connectivity index (χ1n) is 6.95. The first kappa shape index (κ1) is 13.7. The van der Waals surface area contributed by atoms with Crippen LogP contribution in [0.15, 0.2) is 64.7 Å². The lowest BCUT2D eigenvalue weighted by molar-refractivity contribution is 0.102. The van der Waals surface area contributed by atoms with Crippen molar-refractivity contribution in [2.45, 2.75) is 0 Å². The Hall–Kier alpha value is -2.99. The molecular formula is C17H11N3O2S. The SMILES string of the molecule is O=C(Nc1nc(-c2ccccc2)cs1)c1ccc2ocnc2c1. The normalized spacial score (nSPS) is 10.8.